The molecule has 0 aliphatic carbocycles. The summed E-state index contributed by atoms with van der Waals surface area (Å²) in [6.45, 7) is 8.38. The molecule has 0 N–H and O–H groups in total. The number of hydrogen-bond donors (Lipinski definition) is 0. The van der Waals surface area contributed by atoms with Gasteiger partial charge in [0.25, 0.3) is 0 Å². The van der Waals surface area contributed by atoms with Crippen molar-refractivity contribution < 1.29 is 4.74 Å². The number of ether oxygens (including phenoxy) is 1. The Morgan fingerprint density at radius 3 is 2.90 bits per heavy atom. The third-order valence-corrected chi connectivity index (χ3v) is 6.35. The number of fused-ring (bicyclic) bond motifs is 1. The van der Waals surface area contributed by atoms with E-state index in [9.17, 15) is 0 Å². The van der Waals surface area contributed by atoms with Crippen molar-refractivity contribution in [2.45, 2.75) is 31.9 Å². The van der Waals surface area contributed by atoms with Gasteiger partial charge >= 0.3 is 0 Å². The summed E-state index contributed by atoms with van der Waals surface area (Å²) < 4.78 is 6.18. The van der Waals surface area contributed by atoms with Crippen LogP contribution < -0.4 is 0 Å². The molecule has 0 aromatic carbocycles. The van der Waals surface area contributed by atoms with Crippen LogP contribution in [0, 0.1) is 11.8 Å². The quantitative estimate of drug-likeness (QED) is 0.850. The summed E-state index contributed by atoms with van der Waals surface area (Å²) in [6, 6.07) is 4.44. The van der Waals surface area contributed by atoms with Crippen LogP contribution in [-0.2, 0) is 11.3 Å². The highest BCUT2D eigenvalue weighted by atomic mass is 32.1. The SMILES string of the molecule is c1csc(CN2CC[C@H]3CO[C@H](CN4CCCC4)[C@H]3C2)c1. The molecule has 0 amide bonds. The van der Waals surface area contributed by atoms with Crippen molar-refractivity contribution >= 4 is 11.3 Å². The lowest BCUT2D eigenvalue weighted by molar-refractivity contribution is 0.0486. The summed E-state index contributed by atoms with van der Waals surface area (Å²) in [5.74, 6) is 1.58. The standard InChI is InChI=1S/C17H26N2OS/c1-2-7-18(6-1)12-17-16-11-19(8-5-14(16)13-20-17)10-15-4-3-9-21-15/h3-4,9,14,16-17H,1-2,5-8,10-13H2/t14-,16-,17+/m0/s1. The maximum atomic E-state index is 6.18. The van der Waals surface area contributed by atoms with Gasteiger partial charge in [0.2, 0.25) is 0 Å². The molecule has 3 nitrogen and oxygen atoms in total. The van der Waals surface area contributed by atoms with Crippen LogP contribution >= 0.6 is 11.3 Å². The molecule has 0 radical (unpaired) electrons. The fourth-order valence-corrected chi connectivity index (χ4v) is 5.02. The number of rotatable bonds is 4. The van der Waals surface area contributed by atoms with E-state index in [0.717, 1.165) is 25.0 Å². The molecule has 3 fully saturated rings. The van der Waals surface area contributed by atoms with Gasteiger partial charge in [-0.15, -0.1) is 11.3 Å². The number of hydrogen-bond acceptors (Lipinski definition) is 4. The maximum Gasteiger partial charge on any atom is 0.0745 e. The lowest BCUT2D eigenvalue weighted by Crippen LogP contribution is -2.44. The average molecular weight is 306 g/mol. The normalized spacial score (nSPS) is 34.4. The number of likely N-dealkylation sites (tertiary alicyclic amines) is 2. The maximum absolute atomic E-state index is 6.18. The Labute approximate surface area is 131 Å². The van der Waals surface area contributed by atoms with Gasteiger partial charge in [-0.05, 0) is 56.3 Å². The minimum atomic E-state index is 0.485. The zero-order chi connectivity index (χ0) is 14.1. The fourth-order valence-electron chi connectivity index (χ4n) is 4.27. The Kier molecular flexibility index (Phi) is 4.30. The first-order chi connectivity index (χ1) is 10.4. The molecule has 4 heteroatoms. The molecule has 4 rings (SSSR count). The topological polar surface area (TPSA) is 15.7 Å². The van der Waals surface area contributed by atoms with Gasteiger partial charge in [-0.1, -0.05) is 6.07 Å². The Morgan fingerprint density at radius 1 is 1.19 bits per heavy atom. The van der Waals surface area contributed by atoms with Crippen LogP contribution in [0.5, 0.6) is 0 Å². The molecular weight excluding hydrogens is 280 g/mol. The summed E-state index contributed by atoms with van der Waals surface area (Å²) in [7, 11) is 0. The zero-order valence-corrected chi connectivity index (χ0v) is 13.6. The summed E-state index contributed by atoms with van der Waals surface area (Å²) in [4.78, 5) is 6.77. The summed E-state index contributed by atoms with van der Waals surface area (Å²) in [6.07, 6.45) is 4.57. The number of nitrogens with zero attached hydrogens (tertiary/aromatic N) is 2. The van der Waals surface area contributed by atoms with Crippen molar-refractivity contribution in [3.63, 3.8) is 0 Å². The lowest BCUT2D eigenvalue weighted by Gasteiger charge is -2.36. The Hall–Kier alpha value is -0.420. The van der Waals surface area contributed by atoms with E-state index in [2.05, 4.69) is 27.3 Å². The molecule has 4 heterocycles. The highest BCUT2D eigenvalue weighted by Gasteiger charge is 2.41. The Morgan fingerprint density at radius 2 is 2.10 bits per heavy atom. The van der Waals surface area contributed by atoms with Gasteiger partial charge in [-0.3, -0.25) is 4.90 Å². The van der Waals surface area contributed by atoms with Gasteiger partial charge in [0.05, 0.1) is 12.7 Å². The van der Waals surface area contributed by atoms with Gasteiger partial charge in [0.1, 0.15) is 0 Å². The largest absolute Gasteiger partial charge is 0.376 e. The molecule has 0 bridgehead atoms. The predicted molar refractivity (Wildman–Crippen MR) is 86.6 cm³/mol. The highest BCUT2D eigenvalue weighted by Crippen LogP contribution is 2.35. The minimum Gasteiger partial charge on any atom is -0.376 e. The van der Waals surface area contributed by atoms with E-state index in [1.165, 1.54) is 56.9 Å². The van der Waals surface area contributed by atoms with Crippen LogP contribution in [0.4, 0.5) is 0 Å². The summed E-state index contributed by atoms with van der Waals surface area (Å²) in [5.41, 5.74) is 0. The first-order valence-corrected chi connectivity index (χ1v) is 9.35. The van der Waals surface area contributed by atoms with E-state index in [-0.39, 0.29) is 0 Å². The van der Waals surface area contributed by atoms with E-state index in [4.69, 9.17) is 4.74 Å². The summed E-state index contributed by atoms with van der Waals surface area (Å²) >= 11 is 1.89. The van der Waals surface area contributed by atoms with Gasteiger partial charge in [-0.25, -0.2) is 0 Å². The number of piperidine rings is 1. The highest BCUT2D eigenvalue weighted by molar-refractivity contribution is 7.09. The van der Waals surface area contributed by atoms with E-state index in [1.54, 1.807) is 0 Å². The van der Waals surface area contributed by atoms with Crippen molar-refractivity contribution in [1.82, 2.24) is 9.80 Å². The second-order valence-electron chi connectivity index (χ2n) is 6.91. The second-order valence-corrected chi connectivity index (χ2v) is 7.94. The van der Waals surface area contributed by atoms with Gasteiger partial charge in [0.15, 0.2) is 0 Å². The van der Waals surface area contributed by atoms with Crippen LogP contribution in [0.1, 0.15) is 24.1 Å². The number of thiophene rings is 1. The second kappa shape index (κ2) is 6.37. The summed E-state index contributed by atoms with van der Waals surface area (Å²) in [5, 5.41) is 2.19. The van der Waals surface area contributed by atoms with E-state index < -0.39 is 0 Å². The average Bonchev–Trinajstić information content (AvgIpc) is 3.22. The van der Waals surface area contributed by atoms with Crippen molar-refractivity contribution in [3.8, 4) is 0 Å². The van der Waals surface area contributed by atoms with Crippen LogP contribution in [0.2, 0.25) is 0 Å². The van der Waals surface area contributed by atoms with Gasteiger partial charge in [-0.2, -0.15) is 0 Å². The molecule has 3 atom stereocenters. The van der Waals surface area contributed by atoms with Crippen LogP contribution in [0.25, 0.3) is 0 Å². The molecular formula is C17H26N2OS. The van der Waals surface area contributed by atoms with E-state index in [1.807, 2.05) is 11.3 Å². The fraction of sp³-hybridized carbons (Fsp3) is 0.765. The van der Waals surface area contributed by atoms with E-state index in [0.29, 0.717) is 6.10 Å². The molecule has 0 spiro atoms. The molecule has 0 saturated carbocycles. The molecule has 3 aliphatic heterocycles. The van der Waals surface area contributed by atoms with Crippen molar-refractivity contribution in [2.24, 2.45) is 11.8 Å². The first kappa shape index (κ1) is 14.2. The molecule has 1 aromatic rings. The van der Waals surface area contributed by atoms with E-state index >= 15 is 0 Å². The molecule has 3 saturated heterocycles. The van der Waals surface area contributed by atoms with Crippen LogP contribution in [0.3, 0.4) is 0 Å². The van der Waals surface area contributed by atoms with Crippen LogP contribution in [-0.4, -0.2) is 55.2 Å². The van der Waals surface area contributed by atoms with Crippen molar-refractivity contribution in [1.29, 1.82) is 0 Å². The smallest absolute Gasteiger partial charge is 0.0745 e. The molecule has 21 heavy (non-hydrogen) atoms. The van der Waals surface area contributed by atoms with Gasteiger partial charge < -0.3 is 9.64 Å². The third kappa shape index (κ3) is 3.19. The molecule has 0 unspecified atom stereocenters. The molecule has 116 valence electrons. The van der Waals surface area contributed by atoms with Gasteiger partial charge in [0, 0.05) is 30.4 Å². The monoisotopic (exact) mass is 306 g/mol. The lowest BCUT2D eigenvalue weighted by atomic mass is 9.84. The zero-order valence-electron chi connectivity index (χ0n) is 12.7. The Balaban J connectivity index is 1.36. The first-order valence-electron chi connectivity index (χ1n) is 8.47. The predicted octanol–water partition coefficient (Wildman–Crippen LogP) is 2.68. The van der Waals surface area contributed by atoms with Crippen molar-refractivity contribution in [2.75, 3.05) is 39.3 Å². The third-order valence-electron chi connectivity index (χ3n) is 5.49. The minimum absolute atomic E-state index is 0.485. The molecule has 1 aromatic heterocycles. The Bertz CT molecular complexity index is 444. The van der Waals surface area contributed by atoms with Crippen LogP contribution in [0.15, 0.2) is 17.5 Å². The van der Waals surface area contributed by atoms with Crippen molar-refractivity contribution in [3.05, 3.63) is 22.4 Å². The molecule has 3 aliphatic rings.